The topological polar surface area (TPSA) is 46.5 Å². The molecule has 0 aromatic heterocycles. The van der Waals surface area contributed by atoms with Crippen molar-refractivity contribution in [3.05, 3.63) is 12.7 Å². The van der Waals surface area contributed by atoms with E-state index < -0.39 is 5.97 Å². The van der Waals surface area contributed by atoms with Gasteiger partial charge in [0.25, 0.3) is 0 Å². The van der Waals surface area contributed by atoms with E-state index in [0.717, 1.165) is 31.6 Å². The predicted octanol–water partition coefficient (Wildman–Crippen LogP) is 5.05. The number of hydrogen-bond donors (Lipinski definition) is 1. The summed E-state index contributed by atoms with van der Waals surface area (Å²) in [5, 5.41) is 9.37. The molecule has 2 fully saturated rings. The largest absolute Gasteiger partial charge is 0.481 e. The molecule has 0 unspecified atom stereocenters. The molecule has 0 aromatic rings. The Kier molecular flexibility index (Phi) is 8.52. The molecule has 0 aromatic carbocycles. The molecule has 23 heavy (non-hydrogen) atoms. The normalized spacial score (nSPS) is 29.0. The van der Waals surface area contributed by atoms with Crippen LogP contribution in [0.4, 0.5) is 0 Å². The summed E-state index contributed by atoms with van der Waals surface area (Å²) >= 11 is 2.14. The van der Waals surface area contributed by atoms with Gasteiger partial charge in [0.05, 0.1) is 12.2 Å². The van der Waals surface area contributed by atoms with Crippen LogP contribution >= 0.6 is 11.8 Å². The van der Waals surface area contributed by atoms with Crippen molar-refractivity contribution >= 4 is 17.7 Å². The zero-order chi connectivity index (χ0) is 16.5. The number of unbranched alkanes of at least 4 members (excludes halogenated alkanes) is 5. The number of carboxylic acids is 1. The first-order chi connectivity index (χ1) is 11.2. The van der Waals surface area contributed by atoms with Gasteiger partial charge in [-0.1, -0.05) is 25.3 Å². The number of ether oxygens (including phenoxy) is 1. The van der Waals surface area contributed by atoms with Gasteiger partial charge < -0.3 is 9.84 Å². The predicted molar refractivity (Wildman–Crippen MR) is 97.0 cm³/mol. The van der Waals surface area contributed by atoms with E-state index in [2.05, 4.69) is 18.3 Å². The fraction of sp³-hybridized carbons (Fsp3) is 0.842. The monoisotopic (exact) mass is 340 g/mol. The molecular weight excluding hydrogens is 308 g/mol. The molecule has 0 amide bonds. The number of rotatable bonds is 13. The number of fused-ring (bicyclic) bond motifs is 2. The van der Waals surface area contributed by atoms with E-state index in [0.29, 0.717) is 23.9 Å². The van der Waals surface area contributed by atoms with Crippen molar-refractivity contribution in [1.82, 2.24) is 0 Å². The van der Waals surface area contributed by atoms with Crippen LogP contribution in [0.3, 0.4) is 0 Å². The van der Waals surface area contributed by atoms with Crippen molar-refractivity contribution in [2.75, 3.05) is 5.75 Å². The van der Waals surface area contributed by atoms with E-state index in [-0.39, 0.29) is 0 Å². The van der Waals surface area contributed by atoms with Gasteiger partial charge in [0.15, 0.2) is 0 Å². The molecule has 132 valence electrons. The van der Waals surface area contributed by atoms with Gasteiger partial charge in [-0.05, 0) is 56.6 Å². The summed E-state index contributed by atoms with van der Waals surface area (Å²) in [7, 11) is 0. The first kappa shape index (κ1) is 18.9. The SMILES string of the molecule is C=CCCCCS[C@H]1[C@@H](CCCCCCC(=O)O)[C@H]2CC[C@@H]1O2. The van der Waals surface area contributed by atoms with Crippen LogP contribution in [0, 0.1) is 5.92 Å². The standard InChI is InChI=1S/C19H32O3S/c1-2-3-4-9-14-23-19-15(16-12-13-17(19)22-16)10-7-5-6-8-11-18(20)21/h2,15-17,19H,1,3-14H2,(H,20,21)/t15-,16+,17-,19-/m0/s1. The Balaban J connectivity index is 1.62. The highest BCUT2D eigenvalue weighted by Gasteiger charge is 2.48. The second kappa shape index (κ2) is 10.4. The molecule has 1 N–H and O–H groups in total. The molecular formula is C19H32O3S. The van der Waals surface area contributed by atoms with Gasteiger partial charge in [-0.3, -0.25) is 4.79 Å². The Morgan fingerprint density at radius 2 is 1.91 bits per heavy atom. The minimum absolute atomic E-state index is 0.320. The van der Waals surface area contributed by atoms with Crippen LogP contribution in [0.2, 0.25) is 0 Å². The van der Waals surface area contributed by atoms with Gasteiger partial charge in [0.1, 0.15) is 0 Å². The summed E-state index contributed by atoms with van der Waals surface area (Å²) < 4.78 is 6.17. The third kappa shape index (κ3) is 6.15. The Morgan fingerprint density at radius 1 is 1.13 bits per heavy atom. The quantitative estimate of drug-likeness (QED) is 0.376. The molecule has 0 spiro atoms. The average Bonchev–Trinajstić information content (AvgIpc) is 3.12. The number of thioether (sulfide) groups is 1. The fourth-order valence-corrected chi connectivity index (χ4v) is 5.55. The van der Waals surface area contributed by atoms with Crippen LogP contribution in [0.15, 0.2) is 12.7 Å². The zero-order valence-corrected chi connectivity index (χ0v) is 15.1. The summed E-state index contributed by atoms with van der Waals surface area (Å²) in [5.41, 5.74) is 0. The minimum atomic E-state index is -0.667. The Morgan fingerprint density at radius 3 is 2.70 bits per heavy atom. The molecule has 2 bridgehead atoms. The molecule has 4 heteroatoms. The number of carboxylic acid groups (broad SMARTS) is 1. The summed E-state index contributed by atoms with van der Waals surface area (Å²) in [6.07, 6.45) is 15.0. The van der Waals surface area contributed by atoms with E-state index in [1.807, 2.05) is 6.08 Å². The minimum Gasteiger partial charge on any atom is -0.481 e. The molecule has 2 aliphatic rings. The van der Waals surface area contributed by atoms with Crippen LogP contribution in [0.5, 0.6) is 0 Å². The van der Waals surface area contributed by atoms with Crippen LogP contribution in [0.25, 0.3) is 0 Å². The number of hydrogen-bond acceptors (Lipinski definition) is 3. The Bertz CT molecular complexity index is 372. The van der Waals surface area contributed by atoms with E-state index in [4.69, 9.17) is 9.84 Å². The number of allylic oxidation sites excluding steroid dienone is 1. The molecule has 3 nitrogen and oxygen atoms in total. The van der Waals surface area contributed by atoms with Crippen LogP contribution in [-0.4, -0.2) is 34.3 Å². The van der Waals surface area contributed by atoms with Crippen molar-refractivity contribution < 1.29 is 14.6 Å². The lowest BCUT2D eigenvalue weighted by Gasteiger charge is -2.27. The summed E-state index contributed by atoms with van der Waals surface area (Å²) in [6.45, 7) is 3.78. The van der Waals surface area contributed by atoms with Crippen molar-refractivity contribution in [1.29, 1.82) is 0 Å². The first-order valence-electron chi connectivity index (χ1n) is 9.32. The third-order valence-corrected chi connectivity index (χ3v) is 6.70. The van der Waals surface area contributed by atoms with Gasteiger partial charge >= 0.3 is 5.97 Å². The molecule has 0 saturated carbocycles. The van der Waals surface area contributed by atoms with Crippen LogP contribution in [-0.2, 0) is 9.53 Å². The van der Waals surface area contributed by atoms with Gasteiger partial charge in [-0.15, -0.1) is 6.58 Å². The van der Waals surface area contributed by atoms with Crippen LogP contribution < -0.4 is 0 Å². The second-order valence-corrected chi connectivity index (χ2v) is 8.21. The van der Waals surface area contributed by atoms with E-state index >= 15 is 0 Å². The third-order valence-electron chi connectivity index (χ3n) is 5.14. The van der Waals surface area contributed by atoms with E-state index in [1.54, 1.807) is 0 Å². The smallest absolute Gasteiger partial charge is 0.303 e. The highest BCUT2D eigenvalue weighted by Crippen LogP contribution is 2.47. The first-order valence-corrected chi connectivity index (χ1v) is 10.4. The summed E-state index contributed by atoms with van der Waals surface area (Å²) in [6, 6.07) is 0. The molecule has 4 atom stereocenters. The van der Waals surface area contributed by atoms with Crippen LogP contribution in [0.1, 0.15) is 70.6 Å². The average molecular weight is 341 g/mol. The number of carbonyl (C=O) groups is 1. The summed E-state index contributed by atoms with van der Waals surface area (Å²) in [4.78, 5) is 10.5. The fourth-order valence-electron chi connectivity index (χ4n) is 3.93. The van der Waals surface area contributed by atoms with E-state index in [1.165, 1.54) is 44.3 Å². The molecule has 2 heterocycles. The lowest BCUT2D eigenvalue weighted by atomic mass is 9.85. The maximum absolute atomic E-state index is 10.5. The highest BCUT2D eigenvalue weighted by atomic mass is 32.2. The molecule has 2 saturated heterocycles. The number of aliphatic carboxylic acids is 1. The van der Waals surface area contributed by atoms with E-state index in [9.17, 15) is 4.79 Å². The molecule has 2 aliphatic heterocycles. The van der Waals surface area contributed by atoms with Crippen molar-refractivity contribution in [3.8, 4) is 0 Å². The second-order valence-electron chi connectivity index (χ2n) is 6.92. The maximum atomic E-state index is 10.5. The Hall–Kier alpha value is -0.480. The van der Waals surface area contributed by atoms with Crippen molar-refractivity contribution in [3.63, 3.8) is 0 Å². The van der Waals surface area contributed by atoms with Gasteiger partial charge in [0.2, 0.25) is 0 Å². The highest BCUT2D eigenvalue weighted by molar-refractivity contribution is 7.99. The van der Waals surface area contributed by atoms with Crippen molar-refractivity contribution in [2.45, 2.75) is 88.1 Å². The molecule has 0 radical (unpaired) electrons. The zero-order valence-electron chi connectivity index (χ0n) is 14.3. The molecule has 2 rings (SSSR count). The van der Waals surface area contributed by atoms with Crippen molar-refractivity contribution in [2.24, 2.45) is 5.92 Å². The lowest BCUT2D eigenvalue weighted by molar-refractivity contribution is -0.137. The Labute approximate surface area is 145 Å². The maximum Gasteiger partial charge on any atom is 0.303 e. The van der Waals surface area contributed by atoms with Gasteiger partial charge in [0, 0.05) is 11.7 Å². The molecule has 0 aliphatic carbocycles. The lowest BCUT2D eigenvalue weighted by Crippen LogP contribution is -2.30. The summed E-state index contributed by atoms with van der Waals surface area (Å²) in [5.74, 6) is 1.32. The van der Waals surface area contributed by atoms with Gasteiger partial charge in [-0.2, -0.15) is 11.8 Å². The van der Waals surface area contributed by atoms with Gasteiger partial charge in [-0.25, -0.2) is 0 Å².